The normalized spacial score (nSPS) is 19.3. The predicted octanol–water partition coefficient (Wildman–Crippen LogP) is 3.60. The fourth-order valence-corrected chi connectivity index (χ4v) is 4.01. The van der Waals surface area contributed by atoms with E-state index in [-0.39, 0.29) is 5.41 Å². The van der Waals surface area contributed by atoms with Crippen molar-refractivity contribution in [3.05, 3.63) is 23.8 Å². The number of aliphatic imine (C=N–C) groups is 1. The zero-order chi connectivity index (χ0) is 19.8. The average Bonchev–Trinajstić information content (AvgIpc) is 3.20. The van der Waals surface area contributed by atoms with Gasteiger partial charge in [-0.25, -0.2) is 0 Å². The molecule has 0 saturated carbocycles. The summed E-state index contributed by atoms with van der Waals surface area (Å²) in [5.74, 6) is 2.54. The Hall–Kier alpha value is -1.95. The van der Waals surface area contributed by atoms with Crippen LogP contribution in [0.4, 0.5) is 0 Å². The van der Waals surface area contributed by atoms with E-state index in [0.717, 1.165) is 56.5 Å². The third-order valence-electron chi connectivity index (χ3n) is 5.88. The third-order valence-corrected chi connectivity index (χ3v) is 5.88. The fourth-order valence-electron chi connectivity index (χ4n) is 4.01. The van der Waals surface area contributed by atoms with E-state index < -0.39 is 0 Å². The van der Waals surface area contributed by atoms with E-state index in [1.54, 1.807) is 0 Å². The molecule has 0 aliphatic carbocycles. The van der Waals surface area contributed by atoms with E-state index in [0.29, 0.717) is 12.8 Å². The lowest BCUT2D eigenvalue weighted by Crippen LogP contribution is -2.49. The molecule has 0 amide bonds. The molecule has 1 saturated heterocycles. The number of ether oxygens (including phenoxy) is 3. The molecule has 156 valence electrons. The molecule has 0 spiro atoms. The van der Waals surface area contributed by atoms with Gasteiger partial charge in [0.2, 0.25) is 6.79 Å². The van der Waals surface area contributed by atoms with Gasteiger partial charge in [0, 0.05) is 38.3 Å². The highest BCUT2D eigenvalue weighted by Gasteiger charge is 2.36. The Balaban J connectivity index is 1.65. The maximum Gasteiger partial charge on any atom is 0.231 e. The summed E-state index contributed by atoms with van der Waals surface area (Å²) in [5, 5.41) is 7.12. The fraction of sp³-hybridized carbons (Fsp3) is 0.682. The van der Waals surface area contributed by atoms with Crippen molar-refractivity contribution in [3.63, 3.8) is 0 Å². The molecule has 1 aromatic rings. The Morgan fingerprint density at radius 1 is 1.18 bits per heavy atom. The summed E-state index contributed by atoms with van der Waals surface area (Å²) >= 11 is 0. The first kappa shape index (κ1) is 20.8. The second-order valence-corrected chi connectivity index (χ2v) is 7.93. The summed E-state index contributed by atoms with van der Waals surface area (Å²) < 4.78 is 16.8. The van der Waals surface area contributed by atoms with E-state index in [4.69, 9.17) is 14.2 Å². The molecule has 6 nitrogen and oxygen atoms in total. The second-order valence-electron chi connectivity index (χ2n) is 7.93. The molecule has 1 fully saturated rings. The molecule has 2 aliphatic rings. The van der Waals surface area contributed by atoms with Crippen LogP contribution in [0.25, 0.3) is 0 Å². The van der Waals surface area contributed by atoms with E-state index in [2.05, 4.69) is 41.6 Å². The van der Waals surface area contributed by atoms with Gasteiger partial charge in [-0.05, 0) is 43.9 Å². The third kappa shape index (κ3) is 5.10. The Kier molecular flexibility index (Phi) is 7.43. The summed E-state index contributed by atoms with van der Waals surface area (Å²) in [6.45, 7) is 7.13. The molecule has 1 unspecified atom stereocenters. The van der Waals surface area contributed by atoms with Crippen molar-refractivity contribution in [1.82, 2.24) is 10.6 Å². The lowest BCUT2D eigenvalue weighted by atomic mass is 9.74. The molecule has 3 rings (SSSR count). The number of hydrogen-bond acceptors (Lipinski definition) is 4. The smallest absolute Gasteiger partial charge is 0.231 e. The van der Waals surface area contributed by atoms with Crippen LogP contribution in [0.5, 0.6) is 11.5 Å². The van der Waals surface area contributed by atoms with Crippen LogP contribution in [0.1, 0.15) is 57.9 Å². The van der Waals surface area contributed by atoms with Gasteiger partial charge in [0.1, 0.15) is 0 Å². The first-order chi connectivity index (χ1) is 13.7. The summed E-state index contributed by atoms with van der Waals surface area (Å²) in [4.78, 5) is 4.44. The van der Waals surface area contributed by atoms with Gasteiger partial charge < -0.3 is 24.8 Å². The summed E-state index contributed by atoms with van der Waals surface area (Å²) in [6.07, 6.45) is 6.90. The van der Waals surface area contributed by atoms with Crippen LogP contribution in [0.3, 0.4) is 0 Å². The van der Waals surface area contributed by atoms with Gasteiger partial charge in [0.25, 0.3) is 0 Å². The Labute approximate surface area is 169 Å². The SMILES string of the molecule is CCCCCC(C)NC(=NC)NCC1(c2ccc3c(c2)OCO3)CCOCC1. The van der Waals surface area contributed by atoms with Gasteiger partial charge in [-0.15, -0.1) is 0 Å². The standard InChI is InChI=1S/C22H35N3O3/c1-4-5-6-7-17(2)25-21(23-3)24-15-22(10-12-26-13-11-22)18-8-9-19-20(14-18)28-16-27-19/h8-9,14,17H,4-7,10-13,15-16H2,1-3H3,(H2,23,24,25). The Morgan fingerprint density at radius 2 is 1.96 bits per heavy atom. The van der Waals surface area contributed by atoms with E-state index in [1.807, 2.05) is 13.1 Å². The van der Waals surface area contributed by atoms with E-state index in [9.17, 15) is 0 Å². The largest absolute Gasteiger partial charge is 0.454 e. The highest BCUT2D eigenvalue weighted by Crippen LogP contribution is 2.40. The van der Waals surface area contributed by atoms with Crippen LogP contribution >= 0.6 is 0 Å². The first-order valence-electron chi connectivity index (χ1n) is 10.6. The summed E-state index contributed by atoms with van der Waals surface area (Å²) in [7, 11) is 1.84. The van der Waals surface area contributed by atoms with Crippen molar-refractivity contribution < 1.29 is 14.2 Å². The number of unbranched alkanes of at least 4 members (excludes halogenated alkanes) is 2. The van der Waals surface area contributed by atoms with Crippen LogP contribution in [-0.2, 0) is 10.2 Å². The number of hydrogen-bond donors (Lipinski definition) is 2. The van der Waals surface area contributed by atoms with Gasteiger partial charge >= 0.3 is 0 Å². The number of guanidine groups is 1. The van der Waals surface area contributed by atoms with Crippen LogP contribution < -0.4 is 20.1 Å². The number of nitrogens with one attached hydrogen (secondary N) is 2. The zero-order valence-electron chi connectivity index (χ0n) is 17.6. The van der Waals surface area contributed by atoms with Gasteiger partial charge in [-0.1, -0.05) is 32.3 Å². The van der Waals surface area contributed by atoms with Crippen molar-refractivity contribution >= 4 is 5.96 Å². The molecule has 1 atom stereocenters. The minimum Gasteiger partial charge on any atom is -0.454 e. The van der Waals surface area contributed by atoms with Crippen LogP contribution in [0.2, 0.25) is 0 Å². The molecule has 2 heterocycles. The minimum absolute atomic E-state index is 0.00228. The molecular weight excluding hydrogens is 354 g/mol. The summed E-state index contributed by atoms with van der Waals surface area (Å²) in [5.41, 5.74) is 1.28. The van der Waals surface area contributed by atoms with Crippen LogP contribution in [0.15, 0.2) is 23.2 Å². The summed E-state index contributed by atoms with van der Waals surface area (Å²) in [6, 6.07) is 6.75. The van der Waals surface area contributed by atoms with Crippen molar-refractivity contribution in [3.8, 4) is 11.5 Å². The van der Waals surface area contributed by atoms with Crippen molar-refractivity contribution in [2.75, 3.05) is 33.6 Å². The average molecular weight is 390 g/mol. The highest BCUT2D eigenvalue weighted by molar-refractivity contribution is 5.80. The van der Waals surface area contributed by atoms with Crippen molar-refractivity contribution in [2.45, 2.75) is 63.8 Å². The quantitative estimate of drug-likeness (QED) is 0.404. The lowest BCUT2D eigenvalue weighted by Gasteiger charge is -2.38. The maximum absolute atomic E-state index is 5.66. The Bertz CT molecular complexity index is 656. The molecule has 0 bridgehead atoms. The molecule has 6 heteroatoms. The van der Waals surface area contributed by atoms with Gasteiger partial charge in [0.15, 0.2) is 17.5 Å². The monoisotopic (exact) mass is 389 g/mol. The van der Waals surface area contributed by atoms with Crippen LogP contribution in [-0.4, -0.2) is 45.6 Å². The molecule has 0 aromatic heterocycles. The maximum atomic E-state index is 5.66. The molecule has 2 aliphatic heterocycles. The van der Waals surface area contributed by atoms with E-state index >= 15 is 0 Å². The number of benzene rings is 1. The lowest BCUT2D eigenvalue weighted by molar-refractivity contribution is 0.0513. The van der Waals surface area contributed by atoms with Gasteiger partial charge in [-0.2, -0.15) is 0 Å². The molecule has 0 radical (unpaired) electrons. The Morgan fingerprint density at radius 3 is 2.71 bits per heavy atom. The molecule has 1 aromatic carbocycles. The van der Waals surface area contributed by atoms with Crippen molar-refractivity contribution in [1.29, 1.82) is 0 Å². The topological polar surface area (TPSA) is 64.1 Å². The van der Waals surface area contributed by atoms with Gasteiger partial charge in [-0.3, -0.25) is 4.99 Å². The first-order valence-corrected chi connectivity index (χ1v) is 10.6. The molecular formula is C22H35N3O3. The highest BCUT2D eigenvalue weighted by atomic mass is 16.7. The number of fused-ring (bicyclic) bond motifs is 1. The second kappa shape index (κ2) is 10.0. The predicted molar refractivity (Wildman–Crippen MR) is 112 cm³/mol. The molecule has 2 N–H and O–H groups in total. The minimum atomic E-state index is 0.00228. The zero-order valence-corrected chi connectivity index (χ0v) is 17.6. The number of nitrogens with zero attached hydrogens (tertiary/aromatic N) is 1. The molecule has 28 heavy (non-hydrogen) atoms. The van der Waals surface area contributed by atoms with Crippen molar-refractivity contribution in [2.24, 2.45) is 4.99 Å². The van der Waals surface area contributed by atoms with E-state index in [1.165, 1.54) is 24.8 Å². The number of rotatable bonds is 8. The van der Waals surface area contributed by atoms with Gasteiger partial charge in [0.05, 0.1) is 0 Å². The van der Waals surface area contributed by atoms with Crippen LogP contribution in [0, 0.1) is 0 Å².